The lowest BCUT2D eigenvalue weighted by Crippen LogP contribution is -2.53. The van der Waals surface area contributed by atoms with Crippen molar-refractivity contribution in [2.45, 2.75) is 37.4 Å². The first-order valence-electron chi connectivity index (χ1n) is 7.42. The predicted octanol–water partition coefficient (Wildman–Crippen LogP) is 3.01. The number of nitrogens with zero attached hydrogens (tertiary/aromatic N) is 1. The Hall–Kier alpha value is -2.05. The quantitative estimate of drug-likeness (QED) is 0.685. The van der Waals surface area contributed by atoms with Crippen LogP contribution in [-0.4, -0.2) is 37.0 Å². The third-order valence-corrected chi connectivity index (χ3v) is 4.06. The maximum absolute atomic E-state index is 12.4. The predicted molar refractivity (Wildman–Crippen MR) is 79.0 cm³/mol. The Morgan fingerprint density at radius 3 is 2.70 bits per heavy atom. The Kier molecular flexibility index (Phi) is 4.97. The number of alkyl halides is 3. The number of carbonyl (C=O) groups is 2. The van der Waals surface area contributed by atoms with Crippen molar-refractivity contribution in [1.82, 2.24) is 10.2 Å². The number of aldehydes is 1. The van der Waals surface area contributed by atoms with Crippen LogP contribution in [0.25, 0.3) is 0 Å². The second-order valence-corrected chi connectivity index (χ2v) is 5.85. The highest BCUT2D eigenvalue weighted by Gasteiger charge is 2.39. The first-order chi connectivity index (χ1) is 10.8. The van der Waals surface area contributed by atoms with Gasteiger partial charge in [0.2, 0.25) is 0 Å². The Morgan fingerprint density at radius 2 is 2.04 bits per heavy atom. The van der Waals surface area contributed by atoms with Gasteiger partial charge < -0.3 is 15.0 Å². The maximum atomic E-state index is 12.4. The zero-order valence-electron chi connectivity index (χ0n) is 12.8. The van der Waals surface area contributed by atoms with Gasteiger partial charge in [-0.2, -0.15) is 13.2 Å². The number of benzene rings is 1. The largest absolute Gasteiger partial charge is 0.406 e. The average Bonchev–Trinajstić information content (AvgIpc) is 2.66. The molecule has 1 atom stereocenters. The van der Waals surface area contributed by atoms with Crippen molar-refractivity contribution in [2.24, 2.45) is 0 Å². The van der Waals surface area contributed by atoms with Crippen molar-refractivity contribution in [3.8, 4) is 0 Å². The van der Waals surface area contributed by atoms with Gasteiger partial charge >= 0.3 is 12.2 Å². The zero-order chi connectivity index (χ0) is 17.1. The van der Waals surface area contributed by atoms with Crippen LogP contribution in [0.3, 0.4) is 0 Å². The van der Waals surface area contributed by atoms with Crippen LogP contribution in [0.4, 0.5) is 18.0 Å². The van der Waals surface area contributed by atoms with Gasteiger partial charge in [0, 0.05) is 7.05 Å². The van der Waals surface area contributed by atoms with Crippen LogP contribution in [0.15, 0.2) is 24.3 Å². The van der Waals surface area contributed by atoms with E-state index in [0.717, 1.165) is 25.5 Å². The van der Waals surface area contributed by atoms with Gasteiger partial charge in [-0.25, -0.2) is 4.79 Å². The number of hydrogen-bond acceptors (Lipinski definition) is 2. The SMILES string of the molecule is CN(CC(F)(F)F)C(=O)NC1(C=O)CCCCc2ccccc21. The molecule has 0 saturated heterocycles. The van der Waals surface area contributed by atoms with E-state index < -0.39 is 24.3 Å². The number of hydrogen-bond donors (Lipinski definition) is 1. The zero-order valence-corrected chi connectivity index (χ0v) is 12.8. The Balaban J connectivity index is 2.27. The molecule has 2 amide bonds. The van der Waals surface area contributed by atoms with Gasteiger partial charge in [-0.1, -0.05) is 24.3 Å². The smallest absolute Gasteiger partial charge is 0.322 e. The molecule has 0 spiro atoms. The fraction of sp³-hybridized carbons (Fsp3) is 0.500. The summed E-state index contributed by atoms with van der Waals surface area (Å²) in [4.78, 5) is 24.5. The highest BCUT2D eigenvalue weighted by molar-refractivity contribution is 5.82. The highest BCUT2D eigenvalue weighted by atomic mass is 19.4. The van der Waals surface area contributed by atoms with E-state index in [9.17, 15) is 22.8 Å². The van der Waals surface area contributed by atoms with Crippen LogP contribution in [0.2, 0.25) is 0 Å². The Labute approximate surface area is 132 Å². The van der Waals surface area contributed by atoms with Gasteiger partial charge in [-0.05, 0) is 36.8 Å². The summed E-state index contributed by atoms with van der Waals surface area (Å²) in [7, 11) is 1.06. The lowest BCUT2D eigenvalue weighted by Gasteiger charge is -2.32. The van der Waals surface area contributed by atoms with E-state index in [1.165, 1.54) is 0 Å². The van der Waals surface area contributed by atoms with E-state index in [1.54, 1.807) is 12.1 Å². The molecule has 1 unspecified atom stereocenters. The number of aryl methyl sites for hydroxylation is 1. The standard InChI is InChI=1S/C16H19F3N2O2/c1-21(10-16(17,18)19)14(23)20-15(11-22)9-5-4-7-12-6-2-3-8-13(12)15/h2-3,6,8,11H,4-5,7,9-10H2,1H3,(H,20,23). The number of rotatable bonds is 3. The van der Waals surface area contributed by atoms with Gasteiger partial charge in [0.25, 0.3) is 0 Å². The summed E-state index contributed by atoms with van der Waals surface area (Å²) >= 11 is 0. The fourth-order valence-corrected chi connectivity index (χ4v) is 2.94. The molecule has 7 heteroatoms. The summed E-state index contributed by atoms with van der Waals surface area (Å²) in [5, 5.41) is 2.52. The second kappa shape index (κ2) is 6.60. The number of nitrogens with one attached hydrogen (secondary N) is 1. The topological polar surface area (TPSA) is 49.4 Å². The lowest BCUT2D eigenvalue weighted by molar-refractivity contribution is -0.137. The molecule has 0 aromatic heterocycles. The van der Waals surface area contributed by atoms with Crippen LogP contribution in [0, 0.1) is 0 Å². The number of fused-ring (bicyclic) bond motifs is 1. The van der Waals surface area contributed by atoms with E-state index in [0.29, 0.717) is 29.6 Å². The van der Waals surface area contributed by atoms with E-state index >= 15 is 0 Å². The lowest BCUT2D eigenvalue weighted by atomic mass is 9.86. The molecule has 0 radical (unpaired) electrons. The van der Waals surface area contributed by atoms with Crippen molar-refractivity contribution in [1.29, 1.82) is 0 Å². The number of urea groups is 1. The molecule has 0 bridgehead atoms. The molecule has 1 aromatic rings. The van der Waals surface area contributed by atoms with Crippen LogP contribution in [0.1, 0.15) is 30.4 Å². The minimum absolute atomic E-state index is 0.374. The summed E-state index contributed by atoms with van der Waals surface area (Å²) in [6.45, 7) is -1.37. The van der Waals surface area contributed by atoms with Crippen LogP contribution < -0.4 is 5.32 Å². The van der Waals surface area contributed by atoms with Crippen molar-refractivity contribution in [3.63, 3.8) is 0 Å². The van der Waals surface area contributed by atoms with E-state index in [2.05, 4.69) is 5.32 Å². The molecule has 0 aliphatic heterocycles. The molecule has 1 aromatic carbocycles. The van der Waals surface area contributed by atoms with Crippen LogP contribution in [-0.2, 0) is 16.8 Å². The minimum atomic E-state index is -4.48. The average molecular weight is 328 g/mol. The molecule has 1 aliphatic carbocycles. The van der Waals surface area contributed by atoms with Crippen molar-refractivity contribution in [2.75, 3.05) is 13.6 Å². The summed E-state index contributed by atoms with van der Waals surface area (Å²) in [6, 6.07) is 6.32. The van der Waals surface area contributed by atoms with Crippen molar-refractivity contribution in [3.05, 3.63) is 35.4 Å². The number of amides is 2. The van der Waals surface area contributed by atoms with Gasteiger partial charge in [0.1, 0.15) is 18.4 Å². The molecule has 0 fully saturated rings. The number of carbonyl (C=O) groups excluding carboxylic acids is 2. The molecule has 1 N–H and O–H groups in total. The first-order valence-corrected chi connectivity index (χ1v) is 7.42. The third-order valence-electron chi connectivity index (χ3n) is 4.06. The molecule has 0 saturated carbocycles. The van der Waals surface area contributed by atoms with Gasteiger partial charge in [0.05, 0.1) is 0 Å². The molecule has 1 aliphatic rings. The first kappa shape index (κ1) is 17.3. The minimum Gasteiger partial charge on any atom is -0.322 e. The molecule has 23 heavy (non-hydrogen) atoms. The summed E-state index contributed by atoms with van der Waals surface area (Å²) in [5.41, 5.74) is 0.335. The Morgan fingerprint density at radius 1 is 1.35 bits per heavy atom. The van der Waals surface area contributed by atoms with Crippen LogP contribution >= 0.6 is 0 Å². The molecule has 2 rings (SSSR count). The summed E-state index contributed by atoms with van der Waals surface area (Å²) in [5.74, 6) is 0. The maximum Gasteiger partial charge on any atom is 0.406 e. The Bertz CT molecular complexity index is 589. The van der Waals surface area contributed by atoms with E-state index in [1.807, 2.05) is 12.1 Å². The number of halogens is 3. The van der Waals surface area contributed by atoms with Gasteiger partial charge in [-0.15, -0.1) is 0 Å². The van der Waals surface area contributed by atoms with E-state index in [4.69, 9.17) is 0 Å². The fourth-order valence-electron chi connectivity index (χ4n) is 2.94. The summed E-state index contributed by atoms with van der Waals surface area (Å²) in [6.07, 6.45) is -1.13. The molecule has 4 nitrogen and oxygen atoms in total. The normalized spacial score (nSPS) is 21.0. The molecular weight excluding hydrogens is 309 g/mol. The van der Waals surface area contributed by atoms with Gasteiger partial charge in [-0.3, -0.25) is 0 Å². The molecular formula is C16H19F3N2O2. The third kappa shape index (κ3) is 4.03. The monoisotopic (exact) mass is 328 g/mol. The highest BCUT2D eigenvalue weighted by Crippen LogP contribution is 2.33. The van der Waals surface area contributed by atoms with Crippen molar-refractivity contribution >= 4 is 12.3 Å². The van der Waals surface area contributed by atoms with Crippen LogP contribution in [0.5, 0.6) is 0 Å². The summed E-state index contributed by atoms with van der Waals surface area (Å²) < 4.78 is 37.3. The second-order valence-electron chi connectivity index (χ2n) is 5.85. The van der Waals surface area contributed by atoms with E-state index in [-0.39, 0.29) is 0 Å². The van der Waals surface area contributed by atoms with Gasteiger partial charge in [0.15, 0.2) is 0 Å². The molecule has 126 valence electrons. The molecule has 0 heterocycles. The van der Waals surface area contributed by atoms with Crippen molar-refractivity contribution < 1.29 is 22.8 Å².